The normalized spacial score (nSPS) is 26.8. The molecule has 0 aromatic rings. The fourth-order valence-corrected chi connectivity index (χ4v) is 4.90. The maximum atomic E-state index is 11.5. The van der Waals surface area contributed by atoms with E-state index in [0.29, 0.717) is 18.7 Å². The van der Waals surface area contributed by atoms with Crippen LogP contribution in [0, 0.1) is 0 Å². The maximum absolute atomic E-state index is 11.5. The van der Waals surface area contributed by atoms with Crippen LogP contribution in [0.5, 0.6) is 0 Å². The first kappa shape index (κ1) is 29.3. The van der Waals surface area contributed by atoms with E-state index in [9.17, 15) is 43.2 Å². The number of halogens is 6. The zero-order valence-corrected chi connectivity index (χ0v) is 18.6. The van der Waals surface area contributed by atoms with E-state index in [0.717, 1.165) is 11.0 Å². The molecular weight excluding hydrogens is 468 g/mol. The average molecular weight is 497 g/mol. The van der Waals surface area contributed by atoms with Crippen molar-refractivity contribution < 1.29 is 52.8 Å². The van der Waals surface area contributed by atoms with E-state index >= 15 is 0 Å². The number of piperazine rings is 1. The second-order valence-corrected chi connectivity index (χ2v) is 10.9. The Morgan fingerprint density at radius 2 is 1.47 bits per heavy atom. The number of sulfonamides is 2. The van der Waals surface area contributed by atoms with Gasteiger partial charge in [0.15, 0.2) is 0 Å². The summed E-state index contributed by atoms with van der Waals surface area (Å²) >= 11 is 0. The summed E-state index contributed by atoms with van der Waals surface area (Å²) in [6.07, 6.45) is 1.24. The third-order valence-corrected chi connectivity index (χ3v) is 7.79. The molecule has 0 aromatic carbocycles. The third-order valence-electron chi connectivity index (χ3n) is 4.82. The Morgan fingerprint density at radius 1 is 1.03 bits per heavy atom. The maximum Gasteiger partial charge on any atom is 0.512 e. The second kappa shape index (κ2) is 10.3. The molecule has 0 radical (unpaired) electrons. The average Bonchev–Trinajstić information content (AvgIpc) is 2.50. The summed E-state index contributed by atoms with van der Waals surface area (Å²) in [7, 11) is -10.9. The SMILES string of the molecule is CCCN1CC(C)[N+](C)(CCO)CC1C.O=S(=O)(NS(=O)(=O)C(F)(F)F)C(F)(F)F. The lowest BCUT2D eigenvalue weighted by molar-refractivity contribution is -0.938. The van der Waals surface area contributed by atoms with Gasteiger partial charge >= 0.3 is 31.1 Å². The van der Waals surface area contributed by atoms with E-state index in [1.165, 1.54) is 26.1 Å². The summed E-state index contributed by atoms with van der Waals surface area (Å²) in [4.78, 5) is 2.59. The van der Waals surface area contributed by atoms with Gasteiger partial charge in [-0.1, -0.05) is 11.1 Å². The first-order valence-electron chi connectivity index (χ1n) is 8.84. The van der Waals surface area contributed by atoms with Crippen molar-refractivity contribution in [1.82, 2.24) is 9.03 Å². The van der Waals surface area contributed by atoms with E-state index in [4.69, 9.17) is 5.11 Å². The highest BCUT2D eigenvalue weighted by molar-refractivity contribution is 8.05. The lowest BCUT2D eigenvalue weighted by Crippen LogP contribution is -2.66. The molecule has 16 heteroatoms. The zero-order chi connectivity index (χ0) is 24.2. The molecule has 3 unspecified atom stereocenters. The number of hydrogen-bond donors (Lipinski definition) is 2. The van der Waals surface area contributed by atoms with Gasteiger partial charge in [-0.15, -0.1) is 0 Å². The van der Waals surface area contributed by atoms with Crippen LogP contribution >= 0.6 is 0 Å². The van der Waals surface area contributed by atoms with Crippen molar-refractivity contribution >= 4 is 20.0 Å². The zero-order valence-electron chi connectivity index (χ0n) is 17.0. The smallest absolute Gasteiger partial charge is 0.391 e. The standard InChI is InChI=1S/C12H27N2O.C2HF6NO4S2/c1-5-6-13-9-12(3)14(4,7-8-15)10-11(13)2;3-1(4,5)14(10,11)9-15(12,13)2(6,7)8/h11-12,15H,5-10H2,1-4H3;9H/q+1;. The number of nitrogens with one attached hydrogen (secondary N) is 1. The number of nitrogens with zero attached hydrogens (tertiary/aromatic N) is 2. The molecule has 0 amide bonds. The molecule has 30 heavy (non-hydrogen) atoms. The summed E-state index contributed by atoms with van der Waals surface area (Å²) in [5.41, 5.74) is -12.3. The van der Waals surface area contributed by atoms with Gasteiger partial charge in [0.2, 0.25) is 0 Å². The van der Waals surface area contributed by atoms with Gasteiger partial charge < -0.3 is 9.59 Å². The van der Waals surface area contributed by atoms with Crippen LogP contribution in [0.4, 0.5) is 26.3 Å². The quantitative estimate of drug-likeness (QED) is 0.423. The highest BCUT2D eigenvalue weighted by atomic mass is 32.3. The van der Waals surface area contributed by atoms with Crippen molar-refractivity contribution in [3.05, 3.63) is 0 Å². The lowest BCUT2D eigenvalue weighted by Gasteiger charge is -2.49. The number of alkyl halides is 6. The van der Waals surface area contributed by atoms with Crippen LogP contribution < -0.4 is 4.13 Å². The van der Waals surface area contributed by atoms with Crippen molar-refractivity contribution in [1.29, 1.82) is 0 Å². The molecule has 1 aliphatic rings. The van der Waals surface area contributed by atoms with Crippen molar-refractivity contribution in [3.63, 3.8) is 0 Å². The van der Waals surface area contributed by atoms with Crippen molar-refractivity contribution in [3.8, 4) is 0 Å². The molecule has 3 atom stereocenters. The van der Waals surface area contributed by atoms with Gasteiger partial charge in [-0.05, 0) is 26.8 Å². The van der Waals surface area contributed by atoms with Crippen LogP contribution in [-0.2, 0) is 20.0 Å². The molecule has 182 valence electrons. The van der Waals surface area contributed by atoms with Crippen molar-refractivity contribution in [2.24, 2.45) is 0 Å². The number of aliphatic hydroxyl groups is 1. The Kier molecular flexibility index (Phi) is 10.1. The van der Waals surface area contributed by atoms with Gasteiger partial charge in [-0.25, -0.2) is 16.8 Å². The van der Waals surface area contributed by atoms with E-state index < -0.39 is 35.2 Å². The largest absolute Gasteiger partial charge is 0.512 e. The molecular formula is C14H28F6N3O5S2+. The topological polar surface area (TPSA) is 104 Å². The highest BCUT2D eigenvalue weighted by Crippen LogP contribution is 2.27. The Labute approximate surface area is 172 Å². The van der Waals surface area contributed by atoms with Crippen LogP contribution in [0.3, 0.4) is 0 Å². The van der Waals surface area contributed by atoms with Crippen LogP contribution in [-0.4, -0.2) is 94.3 Å². The molecule has 2 N–H and O–H groups in total. The van der Waals surface area contributed by atoms with Crippen LogP contribution in [0.25, 0.3) is 0 Å². The van der Waals surface area contributed by atoms with E-state index in [2.05, 4.69) is 32.7 Å². The molecule has 1 rings (SSSR count). The highest BCUT2D eigenvalue weighted by Gasteiger charge is 2.55. The fourth-order valence-electron chi connectivity index (χ4n) is 2.99. The Bertz CT molecular complexity index is 715. The molecule has 0 spiro atoms. The van der Waals surface area contributed by atoms with Crippen LogP contribution in [0.2, 0.25) is 0 Å². The monoisotopic (exact) mass is 496 g/mol. The van der Waals surface area contributed by atoms with Crippen LogP contribution in [0.15, 0.2) is 0 Å². The van der Waals surface area contributed by atoms with E-state index in [1.807, 2.05) is 0 Å². The lowest BCUT2D eigenvalue weighted by atomic mass is 10.1. The van der Waals surface area contributed by atoms with E-state index in [1.54, 1.807) is 0 Å². The minimum Gasteiger partial charge on any atom is -0.391 e. The molecule has 8 nitrogen and oxygen atoms in total. The number of aliphatic hydroxyl groups excluding tert-OH is 1. The predicted octanol–water partition coefficient (Wildman–Crippen LogP) is 1.20. The molecule has 1 fully saturated rings. The summed E-state index contributed by atoms with van der Waals surface area (Å²) in [6, 6.07) is 1.29. The first-order chi connectivity index (χ1) is 13.2. The summed E-state index contributed by atoms with van der Waals surface area (Å²) in [6.45, 7) is 11.6. The Hall–Kier alpha value is -0.680. The summed E-state index contributed by atoms with van der Waals surface area (Å²) in [5, 5.41) is 9.13. The minimum absolute atomic E-state index is 0.307. The summed E-state index contributed by atoms with van der Waals surface area (Å²) in [5.74, 6) is 0. The molecule has 1 saturated heterocycles. The third kappa shape index (κ3) is 7.78. The van der Waals surface area contributed by atoms with Gasteiger partial charge in [0, 0.05) is 0 Å². The van der Waals surface area contributed by atoms with Gasteiger partial charge in [-0.3, -0.25) is 4.90 Å². The van der Waals surface area contributed by atoms with Crippen molar-refractivity contribution in [2.45, 2.75) is 50.3 Å². The molecule has 0 bridgehead atoms. The van der Waals surface area contributed by atoms with E-state index in [-0.39, 0.29) is 0 Å². The second-order valence-electron chi connectivity index (χ2n) is 7.28. The van der Waals surface area contributed by atoms with Crippen LogP contribution in [0.1, 0.15) is 27.2 Å². The molecule has 0 aromatic heterocycles. The predicted molar refractivity (Wildman–Crippen MR) is 96.9 cm³/mol. The van der Waals surface area contributed by atoms with Gasteiger partial charge in [0.25, 0.3) is 0 Å². The Morgan fingerprint density at radius 3 is 1.80 bits per heavy atom. The number of rotatable bonds is 6. The fraction of sp³-hybridized carbons (Fsp3) is 1.00. The number of quaternary nitrogens is 1. The minimum atomic E-state index is -6.60. The summed E-state index contributed by atoms with van der Waals surface area (Å²) < 4.78 is 109. The number of likely N-dealkylation sites (N-methyl/N-ethyl adjacent to an activating group) is 1. The molecule has 0 aliphatic carbocycles. The molecule has 1 heterocycles. The van der Waals surface area contributed by atoms with Gasteiger partial charge in [0.05, 0.1) is 38.8 Å². The van der Waals surface area contributed by atoms with Gasteiger partial charge in [-0.2, -0.15) is 26.3 Å². The molecule has 1 aliphatic heterocycles. The van der Waals surface area contributed by atoms with Crippen molar-refractivity contribution in [2.75, 3.05) is 39.8 Å². The number of hydrogen-bond acceptors (Lipinski definition) is 6. The first-order valence-corrected chi connectivity index (χ1v) is 11.8. The van der Waals surface area contributed by atoms with Gasteiger partial charge in [0.1, 0.15) is 6.54 Å². The molecule has 0 saturated carbocycles. The Balaban J connectivity index is 0.000000561.